The molecule has 1 saturated heterocycles. The molecule has 2 heterocycles. The second-order valence-electron chi connectivity index (χ2n) is 6.02. The zero-order valence-electron chi connectivity index (χ0n) is 14.8. The number of carboxylic acids is 1. The molecule has 0 saturated carbocycles. The van der Waals surface area contributed by atoms with Crippen molar-refractivity contribution in [1.29, 1.82) is 0 Å². The molecule has 1 aliphatic rings. The van der Waals surface area contributed by atoms with Crippen molar-refractivity contribution >= 4 is 29.2 Å². The number of rotatable bonds is 4. The average Bonchev–Trinajstić information content (AvgIpc) is 2.68. The number of nitrogens with zero attached hydrogens (tertiary/aromatic N) is 4. The minimum absolute atomic E-state index is 0.0417. The van der Waals surface area contributed by atoms with Crippen LogP contribution >= 0.6 is 0 Å². The van der Waals surface area contributed by atoms with Gasteiger partial charge in [-0.3, -0.25) is 9.59 Å². The third-order valence-corrected chi connectivity index (χ3v) is 4.33. The van der Waals surface area contributed by atoms with Crippen LogP contribution in [0.25, 0.3) is 0 Å². The normalized spacial score (nSPS) is 14.0. The van der Waals surface area contributed by atoms with Crippen molar-refractivity contribution in [3.05, 3.63) is 48.0 Å². The first kappa shape index (κ1) is 18.3. The number of benzene rings is 1. The SMILES string of the molecule is CC(=O)N1CCN(c2ccccc2NC(=O)c2nccnc2C(=O)O)CC1. The summed E-state index contributed by atoms with van der Waals surface area (Å²) in [5, 5.41) is 11.9. The van der Waals surface area contributed by atoms with Gasteiger partial charge in [-0.2, -0.15) is 0 Å². The third-order valence-electron chi connectivity index (χ3n) is 4.33. The maximum absolute atomic E-state index is 12.6. The van der Waals surface area contributed by atoms with Crippen molar-refractivity contribution in [3.8, 4) is 0 Å². The lowest BCUT2D eigenvalue weighted by Gasteiger charge is -2.36. The largest absolute Gasteiger partial charge is 0.476 e. The summed E-state index contributed by atoms with van der Waals surface area (Å²) in [5.74, 6) is -1.92. The fraction of sp³-hybridized carbons (Fsp3) is 0.278. The van der Waals surface area contributed by atoms with Gasteiger partial charge in [0.15, 0.2) is 11.4 Å². The molecule has 9 nitrogen and oxygen atoms in total. The Labute approximate surface area is 155 Å². The number of amides is 2. The molecule has 9 heteroatoms. The van der Waals surface area contributed by atoms with Crippen LogP contribution in [-0.4, -0.2) is 63.9 Å². The number of carbonyl (C=O) groups is 3. The van der Waals surface area contributed by atoms with Gasteiger partial charge in [0.2, 0.25) is 5.91 Å². The van der Waals surface area contributed by atoms with E-state index in [1.807, 2.05) is 12.1 Å². The standard InChI is InChI=1S/C18H19N5O4/c1-12(24)22-8-10-23(11-9-22)14-5-3-2-4-13(14)21-17(25)15-16(18(26)27)20-7-6-19-15/h2-7H,8-11H2,1H3,(H,21,25)(H,26,27). The smallest absolute Gasteiger partial charge is 0.356 e. The summed E-state index contributed by atoms with van der Waals surface area (Å²) in [6.45, 7) is 4.02. The number of aromatic carboxylic acids is 1. The number of anilines is 2. The summed E-state index contributed by atoms with van der Waals surface area (Å²) in [7, 11) is 0. The van der Waals surface area contributed by atoms with Crippen molar-refractivity contribution in [1.82, 2.24) is 14.9 Å². The highest BCUT2D eigenvalue weighted by Crippen LogP contribution is 2.27. The van der Waals surface area contributed by atoms with Gasteiger partial charge in [-0.05, 0) is 12.1 Å². The maximum Gasteiger partial charge on any atom is 0.356 e. The number of hydrogen-bond acceptors (Lipinski definition) is 6. The van der Waals surface area contributed by atoms with E-state index in [1.54, 1.807) is 24.0 Å². The lowest BCUT2D eigenvalue weighted by molar-refractivity contribution is -0.129. The molecule has 27 heavy (non-hydrogen) atoms. The first-order chi connectivity index (χ1) is 13.0. The van der Waals surface area contributed by atoms with Gasteiger partial charge in [-0.1, -0.05) is 12.1 Å². The van der Waals surface area contributed by atoms with Crippen molar-refractivity contribution in [2.24, 2.45) is 0 Å². The Hall–Kier alpha value is -3.49. The predicted octanol–water partition coefficient (Wildman–Crippen LogP) is 1.10. The Morgan fingerprint density at radius 3 is 2.26 bits per heavy atom. The molecular formula is C18H19N5O4. The van der Waals surface area contributed by atoms with Crippen LogP contribution in [0.1, 0.15) is 27.9 Å². The summed E-state index contributed by atoms with van der Waals surface area (Å²) in [5.41, 5.74) is 0.694. The summed E-state index contributed by atoms with van der Waals surface area (Å²) in [6.07, 6.45) is 2.50. The topological polar surface area (TPSA) is 116 Å². The van der Waals surface area contributed by atoms with Crippen LogP contribution in [-0.2, 0) is 4.79 Å². The number of para-hydroxylation sites is 2. The fourth-order valence-electron chi connectivity index (χ4n) is 2.96. The van der Waals surface area contributed by atoms with E-state index in [4.69, 9.17) is 0 Å². The fourth-order valence-corrected chi connectivity index (χ4v) is 2.96. The number of aromatic nitrogens is 2. The monoisotopic (exact) mass is 369 g/mol. The second kappa shape index (κ2) is 7.81. The molecule has 0 radical (unpaired) electrons. The molecule has 0 aliphatic carbocycles. The van der Waals surface area contributed by atoms with E-state index in [1.165, 1.54) is 12.4 Å². The second-order valence-corrected chi connectivity index (χ2v) is 6.02. The molecule has 1 aromatic carbocycles. The van der Waals surface area contributed by atoms with E-state index in [0.29, 0.717) is 31.9 Å². The van der Waals surface area contributed by atoms with Crippen molar-refractivity contribution in [2.75, 3.05) is 36.4 Å². The van der Waals surface area contributed by atoms with Crippen LogP contribution in [0.15, 0.2) is 36.7 Å². The molecule has 1 aliphatic heterocycles. The molecule has 1 fully saturated rings. The number of carboxylic acid groups (broad SMARTS) is 1. The molecule has 2 amide bonds. The van der Waals surface area contributed by atoms with E-state index in [-0.39, 0.29) is 11.6 Å². The summed E-state index contributed by atoms with van der Waals surface area (Å²) in [4.78, 5) is 46.7. The lowest BCUT2D eigenvalue weighted by Crippen LogP contribution is -2.48. The molecule has 2 N–H and O–H groups in total. The number of nitrogens with one attached hydrogen (secondary N) is 1. The quantitative estimate of drug-likeness (QED) is 0.829. The van der Waals surface area contributed by atoms with Gasteiger partial charge in [0.05, 0.1) is 11.4 Å². The van der Waals surface area contributed by atoms with Crippen LogP contribution in [0, 0.1) is 0 Å². The maximum atomic E-state index is 12.6. The minimum Gasteiger partial charge on any atom is -0.476 e. The first-order valence-corrected chi connectivity index (χ1v) is 8.42. The minimum atomic E-state index is -1.32. The molecule has 140 valence electrons. The van der Waals surface area contributed by atoms with E-state index < -0.39 is 17.6 Å². The van der Waals surface area contributed by atoms with E-state index in [9.17, 15) is 19.5 Å². The molecule has 0 atom stereocenters. The third kappa shape index (κ3) is 4.02. The predicted molar refractivity (Wildman–Crippen MR) is 97.9 cm³/mol. The number of piperazine rings is 1. The lowest BCUT2D eigenvalue weighted by atomic mass is 10.2. The zero-order valence-corrected chi connectivity index (χ0v) is 14.8. The van der Waals surface area contributed by atoms with E-state index >= 15 is 0 Å². The van der Waals surface area contributed by atoms with Gasteiger partial charge < -0.3 is 20.2 Å². The van der Waals surface area contributed by atoms with Gasteiger partial charge in [-0.25, -0.2) is 14.8 Å². The van der Waals surface area contributed by atoms with Crippen LogP contribution in [0.5, 0.6) is 0 Å². The van der Waals surface area contributed by atoms with Crippen molar-refractivity contribution < 1.29 is 19.5 Å². The average molecular weight is 369 g/mol. The molecule has 0 bridgehead atoms. The molecule has 3 rings (SSSR count). The van der Waals surface area contributed by atoms with Gasteiger partial charge in [0, 0.05) is 45.5 Å². The summed E-state index contributed by atoms with van der Waals surface area (Å²) >= 11 is 0. The zero-order chi connectivity index (χ0) is 19.4. The van der Waals surface area contributed by atoms with Gasteiger partial charge >= 0.3 is 5.97 Å². The molecule has 2 aromatic rings. The van der Waals surface area contributed by atoms with Crippen LogP contribution in [0.3, 0.4) is 0 Å². The Kier molecular flexibility index (Phi) is 5.30. The van der Waals surface area contributed by atoms with Crippen molar-refractivity contribution in [2.45, 2.75) is 6.92 Å². The molecule has 1 aromatic heterocycles. The Balaban J connectivity index is 1.80. The van der Waals surface area contributed by atoms with E-state index in [2.05, 4.69) is 20.2 Å². The Morgan fingerprint density at radius 1 is 1.00 bits per heavy atom. The van der Waals surface area contributed by atoms with Crippen LogP contribution < -0.4 is 10.2 Å². The summed E-state index contributed by atoms with van der Waals surface area (Å²) < 4.78 is 0. The van der Waals surface area contributed by atoms with E-state index in [0.717, 1.165) is 5.69 Å². The number of carbonyl (C=O) groups excluding carboxylic acids is 2. The highest BCUT2D eigenvalue weighted by molar-refractivity contribution is 6.09. The van der Waals surface area contributed by atoms with Crippen molar-refractivity contribution in [3.63, 3.8) is 0 Å². The molecular weight excluding hydrogens is 350 g/mol. The highest BCUT2D eigenvalue weighted by Gasteiger charge is 2.23. The van der Waals surface area contributed by atoms with Crippen LogP contribution in [0.2, 0.25) is 0 Å². The molecule has 0 unspecified atom stereocenters. The van der Waals surface area contributed by atoms with Gasteiger partial charge in [0.1, 0.15) is 0 Å². The Bertz CT molecular complexity index is 878. The van der Waals surface area contributed by atoms with Gasteiger partial charge in [0.25, 0.3) is 5.91 Å². The Morgan fingerprint density at radius 2 is 1.63 bits per heavy atom. The first-order valence-electron chi connectivity index (χ1n) is 8.42. The molecule has 0 spiro atoms. The van der Waals surface area contributed by atoms with Crippen LogP contribution in [0.4, 0.5) is 11.4 Å². The van der Waals surface area contributed by atoms with Gasteiger partial charge in [-0.15, -0.1) is 0 Å². The summed E-state index contributed by atoms with van der Waals surface area (Å²) in [6, 6.07) is 7.24. The number of hydrogen-bond donors (Lipinski definition) is 2. The highest BCUT2D eigenvalue weighted by atomic mass is 16.4.